The third kappa shape index (κ3) is 3.74. The minimum absolute atomic E-state index is 0.0909. The second-order valence-corrected chi connectivity index (χ2v) is 6.58. The van der Waals surface area contributed by atoms with E-state index in [1.54, 1.807) is 0 Å². The maximum atomic E-state index is 12.2. The van der Waals surface area contributed by atoms with E-state index in [-0.39, 0.29) is 5.91 Å². The molecule has 5 heteroatoms. The molecule has 0 aliphatic carbocycles. The molecule has 2 aromatic rings. The van der Waals surface area contributed by atoms with E-state index in [1.165, 1.54) is 16.6 Å². The van der Waals surface area contributed by atoms with Crippen LogP contribution in [0, 0.1) is 13.8 Å². The van der Waals surface area contributed by atoms with E-state index in [0.717, 1.165) is 43.9 Å². The summed E-state index contributed by atoms with van der Waals surface area (Å²) in [5.41, 5.74) is 4.42. The number of likely N-dealkylation sites (N-methyl/N-ethyl adjacent to an activating group) is 1. The Labute approximate surface area is 137 Å². The molecule has 0 spiro atoms. The number of aromatic nitrogens is 1. The predicted molar refractivity (Wildman–Crippen MR) is 95.0 cm³/mol. The van der Waals surface area contributed by atoms with Crippen molar-refractivity contribution < 1.29 is 4.79 Å². The summed E-state index contributed by atoms with van der Waals surface area (Å²) in [7, 11) is 2.14. The second kappa shape index (κ2) is 6.72. The summed E-state index contributed by atoms with van der Waals surface area (Å²) in [5.74, 6) is 0.0909. The zero-order valence-corrected chi connectivity index (χ0v) is 14.3. The van der Waals surface area contributed by atoms with E-state index < -0.39 is 0 Å². The number of nitrogens with one attached hydrogen (secondary N) is 2. The average molecular weight is 314 g/mol. The quantitative estimate of drug-likeness (QED) is 0.911. The number of aryl methyl sites for hydroxylation is 2. The highest BCUT2D eigenvalue weighted by molar-refractivity contribution is 5.95. The molecule has 3 rings (SSSR count). The van der Waals surface area contributed by atoms with Crippen molar-refractivity contribution in [2.75, 3.05) is 45.1 Å². The van der Waals surface area contributed by atoms with Gasteiger partial charge in [0.2, 0.25) is 5.91 Å². The lowest BCUT2D eigenvalue weighted by Crippen LogP contribution is -2.45. The standard InChI is InChI=1S/C18H26N4O/c1-13-14(2)19-17-5-4-15(12-16(13)17)20-18(23)6-7-22-10-8-21(3)9-11-22/h4-5,12,19H,6-11H2,1-3H3,(H,20,23). The Hall–Kier alpha value is -1.85. The van der Waals surface area contributed by atoms with Gasteiger partial charge in [0.15, 0.2) is 0 Å². The maximum absolute atomic E-state index is 12.2. The molecule has 2 N–H and O–H groups in total. The fourth-order valence-electron chi connectivity index (χ4n) is 3.09. The van der Waals surface area contributed by atoms with E-state index in [2.05, 4.69) is 47.1 Å². The third-order valence-electron chi connectivity index (χ3n) is 4.84. The number of aromatic amines is 1. The highest BCUT2D eigenvalue weighted by Crippen LogP contribution is 2.24. The molecule has 1 aromatic carbocycles. The largest absolute Gasteiger partial charge is 0.358 e. The Bertz CT molecular complexity index is 698. The van der Waals surface area contributed by atoms with E-state index in [4.69, 9.17) is 0 Å². The van der Waals surface area contributed by atoms with E-state index in [9.17, 15) is 4.79 Å². The number of carbonyl (C=O) groups is 1. The molecule has 0 atom stereocenters. The molecular formula is C18H26N4O. The van der Waals surface area contributed by atoms with Crippen LogP contribution in [0.1, 0.15) is 17.7 Å². The molecule has 0 bridgehead atoms. The number of H-pyrrole nitrogens is 1. The van der Waals surface area contributed by atoms with Crippen LogP contribution in [0.3, 0.4) is 0 Å². The van der Waals surface area contributed by atoms with Gasteiger partial charge in [-0.25, -0.2) is 0 Å². The molecule has 2 heterocycles. The van der Waals surface area contributed by atoms with Crippen LogP contribution in [0.15, 0.2) is 18.2 Å². The van der Waals surface area contributed by atoms with Crippen LogP contribution in [-0.2, 0) is 4.79 Å². The SMILES string of the molecule is Cc1[nH]c2ccc(NC(=O)CCN3CCN(C)CC3)cc2c1C. The van der Waals surface area contributed by atoms with Crippen molar-refractivity contribution in [1.82, 2.24) is 14.8 Å². The summed E-state index contributed by atoms with van der Waals surface area (Å²) in [5, 5.41) is 4.21. The van der Waals surface area contributed by atoms with Crippen molar-refractivity contribution in [2.45, 2.75) is 20.3 Å². The summed E-state index contributed by atoms with van der Waals surface area (Å²) in [6.07, 6.45) is 0.549. The minimum Gasteiger partial charge on any atom is -0.358 e. The van der Waals surface area contributed by atoms with Crippen LogP contribution in [0.5, 0.6) is 0 Å². The van der Waals surface area contributed by atoms with E-state index >= 15 is 0 Å². The molecule has 1 aliphatic rings. The van der Waals surface area contributed by atoms with Gasteiger partial charge in [0.05, 0.1) is 0 Å². The van der Waals surface area contributed by atoms with Crippen LogP contribution in [0.25, 0.3) is 10.9 Å². The molecule has 1 saturated heterocycles. The molecule has 1 aromatic heterocycles. The Morgan fingerprint density at radius 1 is 1.22 bits per heavy atom. The zero-order chi connectivity index (χ0) is 16.4. The summed E-state index contributed by atoms with van der Waals surface area (Å²) < 4.78 is 0. The monoisotopic (exact) mass is 314 g/mol. The summed E-state index contributed by atoms with van der Waals surface area (Å²) in [6, 6.07) is 6.05. The number of anilines is 1. The van der Waals surface area contributed by atoms with Gasteiger partial charge < -0.3 is 20.1 Å². The molecule has 23 heavy (non-hydrogen) atoms. The maximum Gasteiger partial charge on any atom is 0.225 e. The highest BCUT2D eigenvalue weighted by atomic mass is 16.1. The fourth-order valence-corrected chi connectivity index (χ4v) is 3.09. The highest BCUT2D eigenvalue weighted by Gasteiger charge is 2.15. The number of piperazine rings is 1. The minimum atomic E-state index is 0.0909. The molecule has 0 radical (unpaired) electrons. The van der Waals surface area contributed by atoms with Crippen molar-refractivity contribution in [1.29, 1.82) is 0 Å². The second-order valence-electron chi connectivity index (χ2n) is 6.58. The van der Waals surface area contributed by atoms with Gasteiger partial charge in [0.1, 0.15) is 0 Å². The molecule has 0 unspecified atom stereocenters. The van der Waals surface area contributed by atoms with Gasteiger partial charge in [-0.05, 0) is 44.7 Å². The van der Waals surface area contributed by atoms with Gasteiger partial charge in [-0.3, -0.25) is 4.79 Å². The Morgan fingerprint density at radius 2 is 1.96 bits per heavy atom. The first kappa shape index (κ1) is 16.0. The van der Waals surface area contributed by atoms with Crippen LogP contribution >= 0.6 is 0 Å². The molecule has 1 aliphatic heterocycles. The van der Waals surface area contributed by atoms with Crippen molar-refractivity contribution >= 4 is 22.5 Å². The first-order valence-corrected chi connectivity index (χ1v) is 8.32. The van der Waals surface area contributed by atoms with E-state index in [1.807, 2.05) is 12.1 Å². The summed E-state index contributed by atoms with van der Waals surface area (Å²) >= 11 is 0. The number of fused-ring (bicyclic) bond motifs is 1. The molecule has 1 fully saturated rings. The van der Waals surface area contributed by atoms with E-state index in [0.29, 0.717) is 6.42 Å². The Kier molecular flexibility index (Phi) is 4.68. The fraction of sp³-hybridized carbons (Fsp3) is 0.500. The van der Waals surface area contributed by atoms with Crippen LogP contribution in [0.4, 0.5) is 5.69 Å². The molecule has 1 amide bonds. The van der Waals surface area contributed by atoms with Crippen LogP contribution in [-0.4, -0.2) is 60.5 Å². The third-order valence-corrected chi connectivity index (χ3v) is 4.84. The number of hydrogen-bond donors (Lipinski definition) is 2. The lowest BCUT2D eigenvalue weighted by Gasteiger charge is -2.32. The predicted octanol–water partition coefficient (Wildman–Crippen LogP) is 2.36. The first-order chi connectivity index (χ1) is 11.0. The first-order valence-electron chi connectivity index (χ1n) is 8.32. The Morgan fingerprint density at radius 3 is 2.70 bits per heavy atom. The number of carbonyl (C=O) groups excluding carboxylic acids is 1. The average Bonchev–Trinajstić information content (AvgIpc) is 2.82. The van der Waals surface area contributed by atoms with Gasteiger partial charge in [0.25, 0.3) is 0 Å². The summed E-state index contributed by atoms with van der Waals surface area (Å²) in [6.45, 7) is 9.30. The number of amides is 1. The lowest BCUT2D eigenvalue weighted by atomic mass is 10.1. The van der Waals surface area contributed by atoms with Crippen molar-refractivity contribution in [3.8, 4) is 0 Å². The zero-order valence-electron chi connectivity index (χ0n) is 14.3. The smallest absolute Gasteiger partial charge is 0.225 e. The molecule has 124 valence electrons. The van der Waals surface area contributed by atoms with Gasteiger partial charge in [-0.1, -0.05) is 0 Å². The van der Waals surface area contributed by atoms with Crippen LogP contribution in [0.2, 0.25) is 0 Å². The topological polar surface area (TPSA) is 51.4 Å². The molecular weight excluding hydrogens is 288 g/mol. The number of benzene rings is 1. The van der Waals surface area contributed by atoms with Gasteiger partial charge in [0, 0.05) is 61.4 Å². The van der Waals surface area contributed by atoms with Crippen molar-refractivity contribution in [2.24, 2.45) is 0 Å². The van der Waals surface area contributed by atoms with Gasteiger partial charge >= 0.3 is 0 Å². The van der Waals surface area contributed by atoms with Gasteiger partial charge in [-0.15, -0.1) is 0 Å². The Balaban J connectivity index is 1.56. The normalized spacial score (nSPS) is 16.8. The number of hydrogen-bond acceptors (Lipinski definition) is 3. The van der Waals surface area contributed by atoms with Crippen LogP contribution < -0.4 is 5.32 Å². The molecule has 0 saturated carbocycles. The van der Waals surface area contributed by atoms with Crippen molar-refractivity contribution in [3.05, 3.63) is 29.5 Å². The number of rotatable bonds is 4. The summed E-state index contributed by atoms with van der Waals surface area (Å²) in [4.78, 5) is 20.2. The lowest BCUT2D eigenvalue weighted by molar-refractivity contribution is -0.116. The van der Waals surface area contributed by atoms with Gasteiger partial charge in [-0.2, -0.15) is 0 Å². The van der Waals surface area contributed by atoms with Crippen molar-refractivity contribution in [3.63, 3.8) is 0 Å². The molecule has 5 nitrogen and oxygen atoms in total. The number of nitrogens with zero attached hydrogens (tertiary/aromatic N) is 2.